The summed E-state index contributed by atoms with van der Waals surface area (Å²) in [5, 5.41) is 7.51. The van der Waals surface area contributed by atoms with Crippen LogP contribution in [0.5, 0.6) is 0 Å². The lowest BCUT2D eigenvalue weighted by Crippen LogP contribution is -2.02. The third-order valence-electron chi connectivity index (χ3n) is 1.22. The Kier molecular flexibility index (Phi) is 7.62. The van der Waals surface area contributed by atoms with Crippen LogP contribution in [-0.2, 0) is 6.54 Å². The van der Waals surface area contributed by atoms with Gasteiger partial charge in [0.05, 0.1) is 5.69 Å². The minimum Gasteiger partial charge on any atom is -0.325 e. The molecule has 0 aliphatic rings. The summed E-state index contributed by atoms with van der Waals surface area (Å²) in [7, 11) is 0. The molecule has 0 aliphatic carbocycles. The second-order valence-electron chi connectivity index (χ2n) is 1.87. The lowest BCUT2D eigenvalue weighted by atomic mass is 10.2. The first kappa shape index (κ1) is 13.2. The second kappa shape index (κ2) is 6.34. The Labute approximate surface area is 78.2 Å². The van der Waals surface area contributed by atoms with Gasteiger partial charge in [-0.2, -0.15) is 10.2 Å². The van der Waals surface area contributed by atoms with Crippen molar-refractivity contribution in [1.82, 2.24) is 10.2 Å². The maximum absolute atomic E-state index is 5.35. The van der Waals surface area contributed by atoms with Gasteiger partial charge in [0.15, 0.2) is 0 Å². The number of hydrogen-bond donors (Lipinski definition) is 1. The predicted octanol–water partition coefficient (Wildman–Crippen LogP) is 1.09. The van der Waals surface area contributed by atoms with E-state index in [0.717, 1.165) is 11.3 Å². The van der Waals surface area contributed by atoms with Gasteiger partial charge in [-0.1, -0.05) is 0 Å². The molecule has 0 radical (unpaired) electrons. The third kappa shape index (κ3) is 3.51. The van der Waals surface area contributed by atoms with Gasteiger partial charge in [-0.25, -0.2) is 0 Å². The molecule has 0 saturated carbocycles. The number of hydrogen-bond acceptors (Lipinski definition) is 3. The quantitative estimate of drug-likeness (QED) is 0.731. The summed E-state index contributed by atoms with van der Waals surface area (Å²) in [4.78, 5) is 0. The van der Waals surface area contributed by atoms with Crippen LogP contribution in [0, 0.1) is 6.92 Å². The SMILES string of the molecule is Cc1ccnnc1CN.Cl.Cl. The molecule has 0 atom stereocenters. The number of nitrogens with two attached hydrogens (primary N) is 1. The Morgan fingerprint density at radius 1 is 1.45 bits per heavy atom. The molecular weight excluding hydrogens is 185 g/mol. The Hall–Kier alpha value is -0.380. The molecule has 5 heteroatoms. The van der Waals surface area contributed by atoms with Crippen molar-refractivity contribution in [3.05, 3.63) is 23.5 Å². The molecule has 3 nitrogen and oxygen atoms in total. The van der Waals surface area contributed by atoms with Gasteiger partial charge in [0, 0.05) is 12.7 Å². The highest BCUT2D eigenvalue weighted by atomic mass is 35.5. The summed E-state index contributed by atoms with van der Waals surface area (Å²) >= 11 is 0. The Morgan fingerprint density at radius 2 is 2.09 bits per heavy atom. The van der Waals surface area contributed by atoms with Crippen molar-refractivity contribution in [3.8, 4) is 0 Å². The van der Waals surface area contributed by atoms with Crippen LogP contribution in [0.3, 0.4) is 0 Å². The largest absolute Gasteiger partial charge is 0.325 e. The van der Waals surface area contributed by atoms with Gasteiger partial charge >= 0.3 is 0 Å². The van der Waals surface area contributed by atoms with Crippen LogP contribution in [0.25, 0.3) is 0 Å². The second-order valence-corrected chi connectivity index (χ2v) is 1.87. The van der Waals surface area contributed by atoms with Crippen LogP contribution in [0.1, 0.15) is 11.3 Å². The molecule has 0 amide bonds. The van der Waals surface area contributed by atoms with Gasteiger partial charge in [-0.3, -0.25) is 0 Å². The lowest BCUT2D eigenvalue weighted by molar-refractivity contribution is 0.881. The van der Waals surface area contributed by atoms with Crippen LogP contribution in [0.4, 0.5) is 0 Å². The molecule has 1 heterocycles. The first-order valence-corrected chi connectivity index (χ1v) is 2.82. The smallest absolute Gasteiger partial charge is 0.0795 e. The summed E-state index contributed by atoms with van der Waals surface area (Å²) in [6.07, 6.45) is 1.66. The van der Waals surface area contributed by atoms with E-state index >= 15 is 0 Å². The molecule has 0 aliphatic heterocycles. The summed E-state index contributed by atoms with van der Waals surface area (Å²) in [5.74, 6) is 0. The topological polar surface area (TPSA) is 51.8 Å². The first-order valence-electron chi connectivity index (χ1n) is 2.82. The van der Waals surface area contributed by atoms with E-state index in [9.17, 15) is 0 Å². The van der Waals surface area contributed by atoms with Crippen LogP contribution in [0.15, 0.2) is 12.3 Å². The number of halogens is 2. The molecule has 0 bridgehead atoms. The van der Waals surface area contributed by atoms with E-state index in [1.54, 1.807) is 6.20 Å². The molecule has 0 aromatic carbocycles. The highest BCUT2D eigenvalue weighted by Crippen LogP contribution is 1.98. The van der Waals surface area contributed by atoms with Gasteiger partial charge in [0.25, 0.3) is 0 Å². The van der Waals surface area contributed by atoms with Crippen molar-refractivity contribution in [3.63, 3.8) is 0 Å². The van der Waals surface area contributed by atoms with Gasteiger partial charge in [-0.05, 0) is 18.6 Å². The van der Waals surface area contributed by atoms with Crippen molar-refractivity contribution in [2.75, 3.05) is 0 Å². The van der Waals surface area contributed by atoms with Gasteiger partial charge in [-0.15, -0.1) is 24.8 Å². The van der Waals surface area contributed by atoms with Gasteiger partial charge in [0.1, 0.15) is 0 Å². The van der Waals surface area contributed by atoms with Crippen LogP contribution >= 0.6 is 24.8 Å². The lowest BCUT2D eigenvalue weighted by Gasteiger charge is -1.95. The fourth-order valence-corrected chi connectivity index (χ4v) is 0.625. The number of aryl methyl sites for hydroxylation is 1. The maximum atomic E-state index is 5.35. The normalized spacial score (nSPS) is 7.82. The van der Waals surface area contributed by atoms with E-state index < -0.39 is 0 Å². The van der Waals surface area contributed by atoms with E-state index in [0.29, 0.717) is 6.54 Å². The number of nitrogens with zero attached hydrogens (tertiary/aromatic N) is 2. The fourth-order valence-electron chi connectivity index (χ4n) is 0.625. The van der Waals surface area contributed by atoms with E-state index in [4.69, 9.17) is 5.73 Å². The van der Waals surface area contributed by atoms with Crippen LogP contribution in [0.2, 0.25) is 0 Å². The molecule has 64 valence electrons. The standard InChI is InChI=1S/C6H9N3.2ClH/c1-5-2-3-8-9-6(5)4-7;;/h2-3H,4,7H2,1H3;2*1H. The van der Waals surface area contributed by atoms with Crippen molar-refractivity contribution >= 4 is 24.8 Å². The minimum atomic E-state index is 0. The van der Waals surface area contributed by atoms with Gasteiger partial charge < -0.3 is 5.73 Å². The molecule has 1 aromatic heterocycles. The highest BCUT2D eigenvalue weighted by Gasteiger charge is 1.93. The number of rotatable bonds is 1. The van der Waals surface area contributed by atoms with Crippen molar-refractivity contribution in [1.29, 1.82) is 0 Å². The van der Waals surface area contributed by atoms with Crippen molar-refractivity contribution in [2.24, 2.45) is 5.73 Å². The van der Waals surface area contributed by atoms with E-state index in [1.165, 1.54) is 0 Å². The molecule has 1 rings (SSSR count). The van der Waals surface area contributed by atoms with Crippen LogP contribution in [-0.4, -0.2) is 10.2 Å². The summed E-state index contributed by atoms with van der Waals surface area (Å²) < 4.78 is 0. The summed E-state index contributed by atoms with van der Waals surface area (Å²) in [6.45, 7) is 2.44. The predicted molar refractivity (Wildman–Crippen MR) is 49.2 cm³/mol. The monoisotopic (exact) mass is 195 g/mol. The molecule has 2 N–H and O–H groups in total. The van der Waals surface area contributed by atoms with E-state index in [-0.39, 0.29) is 24.8 Å². The number of aromatic nitrogens is 2. The Morgan fingerprint density at radius 3 is 2.45 bits per heavy atom. The Bertz CT molecular complexity index is 205. The van der Waals surface area contributed by atoms with Crippen molar-refractivity contribution < 1.29 is 0 Å². The molecule has 0 saturated heterocycles. The molecule has 0 fully saturated rings. The minimum absolute atomic E-state index is 0. The summed E-state index contributed by atoms with van der Waals surface area (Å²) in [6, 6.07) is 1.90. The zero-order valence-electron chi connectivity index (χ0n) is 6.15. The summed E-state index contributed by atoms with van der Waals surface area (Å²) in [5.41, 5.74) is 7.32. The maximum Gasteiger partial charge on any atom is 0.0795 e. The molecule has 0 spiro atoms. The van der Waals surface area contributed by atoms with Crippen LogP contribution < -0.4 is 5.73 Å². The molecule has 1 aromatic rings. The zero-order chi connectivity index (χ0) is 6.69. The fraction of sp³-hybridized carbons (Fsp3) is 0.333. The first-order chi connectivity index (χ1) is 4.34. The average molecular weight is 196 g/mol. The molecular formula is C6H11Cl2N3. The average Bonchev–Trinajstić information content (AvgIpc) is 1.89. The zero-order valence-corrected chi connectivity index (χ0v) is 7.78. The third-order valence-corrected chi connectivity index (χ3v) is 1.22. The van der Waals surface area contributed by atoms with Crippen molar-refractivity contribution in [2.45, 2.75) is 13.5 Å². The van der Waals surface area contributed by atoms with E-state index in [1.807, 2.05) is 13.0 Å². The molecule has 11 heavy (non-hydrogen) atoms. The van der Waals surface area contributed by atoms with Gasteiger partial charge in [0.2, 0.25) is 0 Å². The molecule has 0 unspecified atom stereocenters. The van der Waals surface area contributed by atoms with E-state index in [2.05, 4.69) is 10.2 Å². The highest BCUT2D eigenvalue weighted by molar-refractivity contribution is 5.85. The Balaban J connectivity index is 0.